The van der Waals surface area contributed by atoms with E-state index in [2.05, 4.69) is 0 Å². The van der Waals surface area contributed by atoms with Gasteiger partial charge in [-0.05, 0) is 55.2 Å². The van der Waals surface area contributed by atoms with Crippen LogP contribution in [0.15, 0.2) is 47.4 Å². The zero-order chi connectivity index (χ0) is 20.3. The normalized spacial score (nSPS) is 17.8. The van der Waals surface area contributed by atoms with Gasteiger partial charge < -0.3 is 9.64 Å². The molecule has 0 N–H and O–H groups in total. The molecule has 0 saturated carbocycles. The molecule has 1 aliphatic heterocycles. The third-order valence-corrected chi connectivity index (χ3v) is 6.49. The van der Waals surface area contributed by atoms with Crippen molar-refractivity contribution in [2.45, 2.75) is 43.5 Å². The van der Waals surface area contributed by atoms with Crippen LogP contribution >= 0.6 is 0 Å². The molecule has 1 fully saturated rings. The number of sulfone groups is 1. The highest BCUT2D eigenvalue weighted by molar-refractivity contribution is 7.90. The molecule has 5 nitrogen and oxygen atoms in total. The first-order valence-corrected chi connectivity index (χ1v) is 11.5. The zero-order valence-corrected chi connectivity index (χ0v) is 17.5. The Bertz CT molecular complexity index is 951. The molecule has 0 radical (unpaired) electrons. The number of rotatable bonds is 4. The van der Waals surface area contributed by atoms with E-state index in [1.807, 2.05) is 36.1 Å². The molecule has 1 atom stereocenters. The molecule has 0 aliphatic carbocycles. The highest BCUT2D eigenvalue weighted by Crippen LogP contribution is 2.33. The smallest absolute Gasteiger partial charge is 0.254 e. The van der Waals surface area contributed by atoms with Gasteiger partial charge in [0.25, 0.3) is 5.91 Å². The van der Waals surface area contributed by atoms with Gasteiger partial charge in [-0.15, -0.1) is 0 Å². The lowest BCUT2D eigenvalue weighted by atomic mass is 9.99. The fourth-order valence-corrected chi connectivity index (χ4v) is 4.39. The van der Waals surface area contributed by atoms with Gasteiger partial charge in [-0.3, -0.25) is 4.79 Å². The first-order valence-electron chi connectivity index (χ1n) is 9.57. The highest BCUT2D eigenvalue weighted by Gasteiger charge is 2.29. The second-order valence-electron chi connectivity index (χ2n) is 7.39. The van der Waals surface area contributed by atoms with E-state index in [-0.39, 0.29) is 16.8 Å². The van der Waals surface area contributed by atoms with E-state index >= 15 is 0 Å². The van der Waals surface area contributed by atoms with Crippen LogP contribution in [0.1, 0.15) is 53.2 Å². The summed E-state index contributed by atoms with van der Waals surface area (Å²) in [6, 6.07) is 12.6. The number of nitrogens with zero attached hydrogens (tertiary/aromatic N) is 1. The third kappa shape index (κ3) is 4.38. The Balaban J connectivity index is 1.99. The molecule has 150 valence electrons. The van der Waals surface area contributed by atoms with Gasteiger partial charge in [0.1, 0.15) is 5.75 Å². The predicted octanol–water partition coefficient (Wildman–Crippen LogP) is 4.16. The van der Waals surface area contributed by atoms with Crippen molar-refractivity contribution in [1.29, 1.82) is 0 Å². The largest absolute Gasteiger partial charge is 0.497 e. The SMILES string of the molecule is COc1ccc(C2CCCCCN2C(=O)c2cc(S(C)(=O)=O)ccc2C)cc1. The minimum Gasteiger partial charge on any atom is -0.497 e. The summed E-state index contributed by atoms with van der Waals surface area (Å²) in [7, 11) is -1.74. The molecule has 0 aromatic heterocycles. The average molecular weight is 402 g/mol. The van der Waals surface area contributed by atoms with E-state index in [1.165, 1.54) is 6.07 Å². The maximum Gasteiger partial charge on any atom is 0.254 e. The van der Waals surface area contributed by atoms with Crippen molar-refractivity contribution < 1.29 is 17.9 Å². The molecule has 0 bridgehead atoms. The number of hydrogen-bond donors (Lipinski definition) is 0. The molecule has 1 saturated heterocycles. The molecule has 2 aromatic carbocycles. The van der Waals surface area contributed by atoms with Crippen molar-refractivity contribution in [3.63, 3.8) is 0 Å². The summed E-state index contributed by atoms with van der Waals surface area (Å²) in [6.45, 7) is 2.51. The van der Waals surface area contributed by atoms with Gasteiger partial charge in [0.2, 0.25) is 0 Å². The van der Waals surface area contributed by atoms with E-state index < -0.39 is 9.84 Å². The van der Waals surface area contributed by atoms with Crippen molar-refractivity contribution in [2.24, 2.45) is 0 Å². The van der Waals surface area contributed by atoms with Crippen LogP contribution < -0.4 is 4.74 Å². The fourth-order valence-electron chi connectivity index (χ4n) is 3.74. The molecule has 28 heavy (non-hydrogen) atoms. The zero-order valence-electron chi connectivity index (χ0n) is 16.6. The Labute approximate surface area is 167 Å². The Morgan fingerprint density at radius 2 is 1.79 bits per heavy atom. The van der Waals surface area contributed by atoms with E-state index in [1.54, 1.807) is 19.2 Å². The van der Waals surface area contributed by atoms with Crippen LogP contribution in [0.2, 0.25) is 0 Å². The van der Waals surface area contributed by atoms with E-state index in [0.29, 0.717) is 12.1 Å². The number of amides is 1. The summed E-state index contributed by atoms with van der Waals surface area (Å²) >= 11 is 0. The van der Waals surface area contributed by atoms with Gasteiger partial charge in [0.05, 0.1) is 18.0 Å². The topological polar surface area (TPSA) is 63.7 Å². The van der Waals surface area contributed by atoms with E-state index in [0.717, 1.165) is 48.8 Å². The van der Waals surface area contributed by atoms with Gasteiger partial charge in [-0.2, -0.15) is 0 Å². The summed E-state index contributed by atoms with van der Waals surface area (Å²) < 4.78 is 29.2. The molecule has 1 heterocycles. The van der Waals surface area contributed by atoms with Gasteiger partial charge >= 0.3 is 0 Å². The number of methoxy groups -OCH3 is 1. The fraction of sp³-hybridized carbons (Fsp3) is 0.409. The molecular formula is C22H27NO4S. The van der Waals surface area contributed by atoms with Crippen molar-refractivity contribution in [3.05, 3.63) is 59.2 Å². The molecule has 0 spiro atoms. The van der Waals surface area contributed by atoms with Crippen molar-refractivity contribution in [2.75, 3.05) is 19.9 Å². The van der Waals surface area contributed by atoms with Gasteiger partial charge in [-0.25, -0.2) is 8.42 Å². The van der Waals surface area contributed by atoms with Crippen molar-refractivity contribution >= 4 is 15.7 Å². The molecule has 2 aromatic rings. The molecular weight excluding hydrogens is 374 g/mol. The number of carbonyl (C=O) groups excluding carboxylic acids is 1. The average Bonchev–Trinajstić information content (AvgIpc) is 2.93. The Kier molecular flexibility index (Phi) is 6.08. The van der Waals surface area contributed by atoms with Gasteiger partial charge in [0, 0.05) is 18.4 Å². The third-order valence-electron chi connectivity index (χ3n) is 5.38. The second kappa shape index (κ2) is 8.35. The summed E-state index contributed by atoms with van der Waals surface area (Å²) in [5.74, 6) is 0.678. The number of aryl methyl sites for hydroxylation is 1. The molecule has 1 unspecified atom stereocenters. The summed E-state index contributed by atoms with van der Waals surface area (Å²) in [6.07, 6.45) is 5.14. The number of likely N-dealkylation sites (tertiary alicyclic amines) is 1. The first-order chi connectivity index (χ1) is 13.3. The molecule has 1 aliphatic rings. The lowest BCUT2D eigenvalue weighted by Gasteiger charge is -2.31. The van der Waals surface area contributed by atoms with E-state index in [9.17, 15) is 13.2 Å². The van der Waals surface area contributed by atoms with Crippen LogP contribution in [0.5, 0.6) is 5.75 Å². The Morgan fingerprint density at radius 3 is 2.43 bits per heavy atom. The summed E-state index contributed by atoms with van der Waals surface area (Å²) in [4.78, 5) is 15.5. The van der Waals surface area contributed by atoms with Gasteiger partial charge in [-0.1, -0.05) is 31.0 Å². The molecule has 6 heteroatoms. The lowest BCUT2D eigenvalue weighted by Crippen LogP contribution is -2.35. The quantitative estimate of drug-likeness (QED) is 0.772. The summed E-state index contributed by atoms with van der Waals surface area (Å²) in [5.41, 5.74) is 2.33. The number of benzene rings is 2. The maximum atomic E-state index is 13.5. The Hall–Kier alpha value is -2.34. The van der Waals surface area contributed by atoms with Crippen molar-refractivity contribution in [1.82, 2.24) is 4.90 Å². The lowest BCUT2D eigenvalue weighted by molar-refractivity contribution is 0.0680. The van der Waals surface area contributed by atoms with Crippen LogP contribution in [0.4, 0.5) is 0 Å². The molecule has 3 rings (SSSR count). The van der Waals surface area contributed by atoms with E-state index in [4.69, 9.17) is 4.74 Å². The molecule has 1 amide bonds. The van der Waals surface area contributed by atoms with Crippen LogP contribution in [-0.2, 0) is 9.84 Å². The second-order valence-corrected chi connectivity index (χ2v) is 9.40. The number of carbonyl (C=O) groups is 1. The Morgan fingerprint density at radius 1 is 1.07 bits per heavy atom. The maximum absolute atomic E-state index is 13.5. The number of hydrogen-bond acceptors (Lipinski definition) is 4. The van der Waals surface area contributed by atoms with Crippen LogP contribution in [0.25, 0.3) is 0 Å². The van der Waals surface area contributed by atoms with Crippen LogP contribution in [0.3, 0.4) is 0 Å². The van der Waals surface area contributed by atoms with Gasteiger partial charge in [0.15, 0.2) is 9.84 Å². The van der Waals surface area contributed by atoms with Crippen LogP contribution in [-0.4, -0.2) is 39.1 Å². The standard InChI is InChI=1S/C22H27NO4S/c1-16-8-13-19(28(3,25)26)15-20(16)22(24)23-14-6-4-5-7-21(23)17-9-11-18(27-2)12-10-17/h8-13,15,21H,4-7,14H2,1-3H3. The first kappa shape index (κ1) is 20.4. The van der Waals surface area contributed by atoms with Crippen LogP contribution in [0, 0.1) is 6.92 Å². The highest BCUT2D eigenvalue weighted by atomic mass is 32.2. The minimum atomic E-state index is -3.37. The number of ether oxygens (including phenoxy) is 1. The summed E-state index contributed by atoms with van der Waals surface area (Å²) in [5, 5.41) is 0. The monoisotopic (exact) mass is 401 g/mol. The van der Waals surface area contributed by atoms with Crippen molar-refractivity contribution in [3.8, 4) is 5.75 Å². The predicted molar refractivity (Wildman–Crippen MR) is 110 cm³/mol. The minimum absolute atomic E-state index is 0.0257.